The number of nitrogens with one attached hydrogen (secondary N) is 4. The van der Waals surface area contributed by atoms with Gasteiger partial charge in [-0.25, -0.2) is 14.0 Å². The third-order valence-corrected chi connectivity index (χ3v) is 12.1. The molecule has 0 saturated carbocycles. The summed E-state index contributed by atoms with van der Waals surface area (Å²) in [4.78, 5) is 102. The molecule has 0 bridgehead atoms. The van der Waals surface area contributed by atoms with E-state index >= 15 is 0 Å². The summed E-state index contributed by atoms with van der Waals surface area (Å²) in [7, 11) is 0. The summed E-state index contributed by atoms with van der Waals surface area (Å²) >= 11 is 7.10. The van der Waals surface area contributed by atoms with Crippen molar-refractivity contribution in [2.45, 2.75) is 102 Å². The minimum absolute atomic E-state index is 0.0869. The number of hydrogen-bond acceptors (Lipinski definition) is 10. The number of fused-ring (bicyclic) bond motifs is 3. The van der Waals surface area contributed by atoms with Crippen LogP contribution in [-0.4, -0.2) is 147 Å². The molecular weight excluding hydrogens is 809 g/mol. The number of cyclic esters (lactones) is 1. The van der Waals surface area contributed by atoms with E-state index in [1.807, 2.05) is 19.9 Å². The highest BCUT2D eigenvalue weighted by atomic mass is 35.5. The van der Waals surface area contributed by atoms with E-state index in [2.05, 4.69) is 21.3 Å². The monoisotopic (exact) mass is 861 g/mol. The van der Waals surface area contributed by atoms with Gasteiger partial charge in [0.15, 0.2) is 0 Å². The molecule has 9 atom stereocenters. The average Bonchev–Trinajstić information content (AvgIpc) is 3.79. The van der Waals surface area contributed by atoms with E-state index in [-0.39, 0.29) is 62.1 Å². The van der Waals surface area contributed by atoms with Gasteiger partial charge in [-0.1, -0.05) is 42.8 Å². The van der Waals surface area contributed by atoms with Gasteiger partial charge in [0, 0.05) is 49.9 Å². The molecule has 7 amide bonds. The van der Waals surface area contributed by atoms with Crippen LogP contribution in [0.15, 0.2) is 47.9 Å². The van der Waals surface area contributed by atoms with Crippen molar-refractivity contribution in [3.05, 3.63) is 59.1 Å². The summed E-state index contributed by atoms with van der Waals surface area (Å²) in [5, 5.41) is 21.2. The number of aliphatic hydroxyl groups excluding tert-OH is 1. The summed E-state index contributed by atoms with van der Waals surface area (Å²) < 4.78 is 20.5. The summed E-state index contributed by atoms with van der Waals surface area (Å²) in [6.45, 7) is 8.14. The highest BCUT2D eigenvalue weighted by Crippen LogP contribution is 2.29. The molecule has 4 fully saturated rings. The predicted octanol–water partition coefficient (Wildman–Crippen LogP) is 1.28. The molecule has 59 heavy (non-hydrogen) atoms. The van der Waals surface area contributed by atoms with Gasteiger partial charge in [0.05, 0.1) is 11.8 Å². The number of halogens is 2. The first kappa shape index (κ1) is 45.4. The Morgan fingerprint density at radius 1 is 1.03 bits per heavy atom. The van der Waals surface area contributed by atoms with E-state index in [0.717, 1.165) is 16.5 Å². The summed E-state index contributed by atoms with van der Waals surface area (Å²) in [6.07, 6.45) is -0.207. The fraction of sp³-hybridized carbons (Fsp3) is 0.575. The van der Waals surface area contributed by atoms with Crippen molar-refractivity contribution in [2.24, 2.45) is 5.92 Å². The minimum Gasteiger partial charge on any atom is -0.458 e. The second kappa shape index (κ2) is 20.1. The maximum Gasteiger partial charge on any atom is 0.329 e. The highest BCUT2D eigenvalue weighted by Gasteiger charge is 2.49. The molecule has 4 heterocycles. The number of rotatable bonds is 8. The number of thioether (sulfide) groups is 1. The van der Waals surface area contributed by atoms with Gasteiger partial charge in [-0.2, -0.15) is 11.8 Å². The molecule has 16 nitrogen and oxygen atoms in total. The van der Waals surface area contributed by atoms with Crippen LogP contribution in [0.4, 0.5) is 9.18 Å². The predicted molar refractivity (Wildman–Crippen MR) is 217 cm³/mol. The summed E-state index contributed by atoms with van der Waals surface area (Å²) in [5.41, 5.74) is 1.29. The van der Waals surface area contributed by atoms with Crippen LogP contribution in [0, 0.1) is 12.8 Å². The number of benzene rings is 1. The van der Waals surface area contributed by atoms with Gasteiger partial charge in [0.25, 0.3) is 0 Å². The molecule has 0 radical (unpaired) electrons. The second-order valence-electron chi connectivity index (χ2n) is 15.5. The molecule has 0 aromatic heterocycles. The first-order valence-electron chi connectivity index (χ1n) is 19.7. The molecule has 4 aliphatic heterocycles. The minimum atomic E-state index is -1.67. The van der Waals surface area contributed by atoms with Crippen LogP contribution in [0.25, 0.3) is 0 Å². The fourth-order valence-electron chi connectivity index (χ4n) is 7.89. The maximum atomic E-state index is 14.8. The van der Waals surface area contributed by atoms with Crippen molar-refractivity contribution in [3.63, 3.8) is 0 Å². The number of nitrogens with zero attached hydrogens (tertiary/aromatic N) is 3. The number of aryl methyl sites for hydroxylation is 1. The summed E-state index contributed by atoms with van der Waals surface area (Å²) in [6, 6.07) is -1.23. The normalized spacial score (nSPS) is 29.2. The van der Waals surface area contributed by atoms with E-state index in [1.165, 1.54) is 48.4 Å². The molecule has 0 spiro atoms. The lowest BCUT2D eigenvalue weighted by molar-refractivity contribution is -0.163. The largest absolute Gasteiger partial charge is 0.458 e. The third-order valence-electron chi connectivity index (χ3n) is 10.9. The lowest BCUT2D eigenvalue weighted by Crippen LogP contribution is -2.63. The molecule has 1 aromatic carbocycles. The molecule has 4 saturated heterocycles. The van der Waals surface area contributed by atoms with Gasteiger partial charge in [0.1, 0.15) is 48.2 Å². The zero-order valence-electron chi connectivity index (χ0n) is 33.7. The van der Waals surface area contributed by atoms with Gasteiger partial charge in [-0.05, 0) is 51.7 Å². The molecule has 322 valence electrons. The highest BCUT2D eigenvalue weighted by molar-refractivity contribution is 7.99. The zero-order valence-corrected chi connectivity index (χ0v) is 35.3. The van der Waals surface area contributed by atoms with Crippen LogP contribution in [0.1, 0.15) is 51.7 Å². The Morgan fingerprint density at radius 3 is 2.46 bits per heavy atom. The van der Waals surface area contributed by atoms with Gasteiger partial charge in [-0.15, -0.1) is 11.6 Å². The van der Waals surface area contributed by atoms with Gasteiger partial charge in [-0.3, -0.25) is 24.0 Å². The number of aliphatic hydroxyl groups is 1. The lowest BCUT2D eigenvalue weighted by atomic mass is 10.0. The lowest BCUT2D eigenvalue weighted by Gasteiger charge is -2.39. The number of alkyl halides is 1. The number of amides is 7. The van der Waals surface area contributed by atoms with Crippen LogP contribution >= 0.6 is 23.4 Å². The number of hydrogen-bond donors (Lipinski definition) is 5. The number of carbonyl (C=O) groups is 7. The van der Waals surface area contributed by atoms with E-state index in [4.69, 9.17) is 16.3 Å². The maximum absolute atomic E-state index is 14.8. The Balaban J connectivity index is 1.52. The first-order chi connectivity index (χ1) is 28.0. The van der Waals surface area contributed by atoms with Gasteiger partial charge < -0.3 is 45.8 Å². The molecular formula is C40H53ClFN7O9S. The van der Waals surface area contributed by atoms with E-state index in [0.29, 0.717) is 11.3 Å². The van der Waals surface area contributed by atoms with Crippen LogP contribution < -0.4 is 21.3 Å². The quantitative estimate of drug-likeness (QED) is 0.144. The number of allylic oxidation sites excluding steroid dienone is 3. The van der Waals surface area contributed by atoms with Crippen LogP contribution in [0.2, 0.25) is 0 Å². The van der Waals surface area contributed by atoms with Crippen LogP contribution in [-0.2, 0) is 39.9 Å². The Hall–Kier alpha value is -4.68. The number of ether oxygens (including phenoxy) is 1. The first-order valence-corrected chi connectivity index (χ1v) is 21.4. The Bertz CT molecular complexity index is 1870. The second-order valence-corrected chi connectivity index (χ2v) is 16.9. The Morgan fingerprint density at radius 2 is 1.76 bits per heavy atom. The molecule has 5 rings (SSSR count). The summed E-state index contributed by atoms with van der Waals surface area (Å²) in [5.74, 6) is -4.66. The Labute approximate surface area is 352 Å². The smallest absolute Gasteiger partial charge is 0.329 e. The molecule has 0 unspecified atom stereocenters. The van der Waals surface area contributed by atoms with Crippen molar-refractivity contribution >= 4 is 64.9 Å². The van der Waals surface area contributed by atoms with Gasteiger partial charge in [0.2, 0.25) is 29.5 Å². The fourth-order valence-corrected chi connectivity index (χ4v) is 9.07. The molecule has 5 N–H and O–H groups in total. The van der Waals surface area contributed by atoms with Crippen LogP contribution in [0.3, 0.4) is 0 Å². The van der Waals surface area contributed by atoms with E-state index < -0.39 is 95.8 Å². The number of carbonyl (C=O) groups excluding carboxylic acids is 7. The Kier molecular flexibility index (Phi) is 15.4. The molecule has 0 aliphatic carbocycles. The third kappa shape index (κ3) is 10.9. The van der Waals surface area contributed by atoms with Crippen molar-refractivity contribution < 1.29 is 47.8 Å². The number of esters is 1. The standard InChI is InChI=1S/C40H53ClFN7O9S/c1-6-28(27(42)10-11-41)44-40(57)45-29(16-25-9-7-8-21(2)14-25)34(51)46-33-24(5)58-39(56)31-15-22(3)18-48(31)36(53)23(4)43-35(52)32-20-59-13-12-47(32)37(54)30-17-26(50)19-49(30)38(33)55/h6-10,14,22-24,26,29-33,50H,11-13,15-20H2,1-5H3,(H,43,52)(H,46,51)(H2,44,45,57)/b27-10+,28-6+/t22-,23+,24+,26-,29+,30+,31+,32+,33+/m1/s1. The zero-order chi connectivity index (χ0) is 43.1. The molecule has 1 aromatic rings. The van der Waals surface area contributed by atoms with Gasteiger partial charge >= 0.3 is 12.0 Å². The molecule has 19 heteroatoms. The van der Waals surface area contributed by atoms with Crippen LogP contribution in [0.5, 0.6) is 0 Å². The van der Waals surface area contributed by atoms with E-state index in [9.17, 15) is 43.1 Å². The molecule has 4 aliphatic rings. The average molecular weight is 862 g/mol. The van der Waals surface area contributed by atoms with E-state index in [1.54, 1.807) is 18.2 Å². The van der Waals surface area contributed by atoms with Crippen molar-refractivity contribution in [2.75, 3.05) is 37.0 Å². The topological polar surface area (TPSA) is 207 Å². The van der Waals surface area contributed by atoms with Crippen molar-refractivity contribution in [3.8, 4) is 0 Å². The SMILES string of the molecule is C/C=C(NC(=O)N[C@@H](Cc1cccc(C)c1)C(=O)N[C@@H]1C(=O)N2C[C@H](O)C[C@H]2C(=O)N2CCSC[C@H]2C(=O)N[C@@H](C)C(=O)N2C[C@H](C)C[C@H]2C(=O)O[C@H]1C)\C(F)=C/CCl. The van der Waals surface area contributed by atoms with Crippen molar-refractivity contribution in [1.82, 2.24) is 36.0 Å². The number of urea groups is 1. The van der Waals surface area contributed by atoms with Crippen molar-refractivity contribution in [1.29, 1.82) is 0 Å².